The Bertz CT molecular complexity index is 485. The van der Waals surface area contributed by atoms with Crippen molar-refractivity contribution in [3.05, 3.63) is 45.7 Å². The summed E-state index contributed by atoms with van der Waals surface area (Å²) in [7, 11) is 0. The van der Waals surface area contributed by atoms with Crippen LogP contribution in [0.1, 0.15) is 26.1 Å². The van der Waals surface area contributed by atoms with E-state index < -0.39 is 0 Å². The fourth-order valence-corrected chi connectivity index (χ4v) is 2.30. The van der Waals surface area contributed by atoms with Gasteiger partial charge in [-0.25, -0.2) is 4.98 Å². The average molecular weight is 232 g/mol. The number of hydrogen-bond donors (Lipinski definition) is 0. The molecule has 0 N–H and O–H groups in total. The van der Waals surface area contributed by atoms with E-state index in [0.717, 1.165) is 10.7 Å². The van der Waals surface area contributed by atoms with Crippen molar-refractivity contribution >= 4 is 17.1 Å². The van der Waals surface area contributed by atoms with E-state index >= 15 is 0 Å². The molecule has 0 spiro atoms. The van der Waals surface area contributed by atoms with Gasteiger partial charge in [0.25, 0.3) is 0 Å². The number of aryl methyl sites for hydroxylation is 2. The number of aromatic nitrogens is 2. The van der Waals surface area contributed by atoms with E-state index in [4.69, 9.17) is 0 Å². The van der Waals surface area contributed by atoms with Crippen LogP contribution in [0.4, 0.5) is 0 Å². The van der Waals surface area contributed by atoms with Crippen molar-refractivity contribution in [3.8, 4) is 0 Å². The Kier molecular flexibility index (Phi) is 3.10. The normalized spacial score (nSPS) is 10.4. The highest BCUT2D eigenvalue weighted by Crippen LogP contribution is 2.17. The van der Waals surface area contributed by atoms with Crippen molar-refractivity contribution in [3.63, 3.8) is 0 Å². The molecule has 0 atom stereocenters. The van der Waals surface area contributed by atoms with E-state index in [-0.39, 0.29) is 5.78 Å². The molecule has 3 nitrogen and oxygen atoms in total. The Hall–Kier alpha value is -1.55. The zero-order valence-electron chi connectivity index (χ0n) is 9.23. The van der Waals surface area contributed by atoms with Gasteiger partial charge in [-0.15, -0.1) is 11.3 Å². The second-order valence-electron chi connectivity index (χ2n) is 3.56. The number of carbonyl (C=O) groups is 1. The zero-order valence-corrected chi connectivity index (χ0v) is 10.0. The molecule has 0 saturated heterocycles. The van der Waals surface area contributed by atoms with Crippen LogP contribution in [0.5, 0.6) is 0 Å². The van der Waals surface area contributed by atoms with Gasteiger partial charge < -0.3 is 0 Å². The highest BCUT2D eigenvalue weighted by molar-refractivity contribution is 7.11. The molecule has 0 aliphatic rings. The van der Waals surface area contributed by atoms with Gasteiger partial charge >= 0.3 is 0 Å². The fourth-order valence-electron chi connectivity index (χ4n) is 1.37. The molecule has 4 heteroatoms. The van der Waals surface area contributed by atoms with Crippen LogP contribution < -0.4 is 0 Å². The number of rotatable bonds is 3. The maximum absolute atomic E-state index is 11.8. The van der Waals surface area contributed by atoms with Gasteiger partial charge in [0.2, 0.25) is 0 Å². The zero-order chi connectivity index (χ0) is 11.5. The van der Waals surface area contributed by atoms with E-state index in [1.54, 1.807) is 29.7 Å². The van der Waals surface area contributed by atoms with Crippen LogP contribution in [-0.2, 0) is 6.42 Å². The van der Waals surface area contributed by atoms with Crippen molar-refractivity contribution < 1.29 is 4.79 Å². The summed E-state index contributed by atoms with van der Waals surface area (Å²) < 4.78 is 0. The first-order valence-electron chi connectivity index (χ1n) is 5.04. The van der Waals surface area contributed by atoms with E-state index in [2.05, 4.69) is 9.97 Å². The number of carbonyl (C=O) groups excluding carboxylic acids is 1. The van der Waals surface area contributed by atoms with Gasteiger partial charge in [0.15, 0.2) is 5.78 Å². The van der Waals surface area contributed by atoms with Gasteiger partial charge in [-0.05, 0) is 26.0 Å². The molecule has 0 radical (unpaired) electrons. The van der Waals surface area contributed by atoms with Crippen molar-refractivity contribution in [1.29, 1.82) is 0 Å². The van der Waals surface area contributed by atoms with Gasteiger partial charge in [0.1, 0.15) is 10.7 Å². The molecule has 0 fully saturated rings. The van der Waals surface area contributed by atoms with E-state index in [1.165, 1.54) is 4.88 Å². The maximum atomic E-state index is 11.8. The minimum absolute atomic E-state index is 0.0225. The van der Waals surface area contributed by atoms with E-state index in [1.807, 2.05) is 19.9 Å². The summed E-state index contributed by atoms with van der Waals surface area (Å²) in [5, 5.41) is 0.866. The molecule has 0 aromatic carbocycles. The predicted octanol–water partition coefficient (Wildman–Crippen LogP) is 2.58. The summed E-state index contributed by atoms with van der Waals surface area (Å²) in [5.41, 5.74) is 1.52. The second kappa shape index (κ2) is 4.53. The van der Waals surface area contributed by atoms with Crippen LogP contribution in [0.25, 0.3) is 0 Å². The Labute approximate surface area is 98.2 Å². The lowest BCUT2D eigenvalue weighted by Crippen LogP contribution is -2.05. The van der Waals surface area contributed by atoms with Crippen LogP contribution in [0.15, 0.2) is 24.4 Å². The van der Waals surface area contributed by atoms with Crippen molar-refractivity contribution in [1.82, 2.24) is 9.97 Å². The lowest BCUT2D eigenvalue weighted by molar-refractivity contribution is 0.0988. The molecule has 82 valence electrons. The van der Waals surface area contributed by atoms with E-state index in [9.17, 15) is 4.79 Å². The summed E-state index contributed by atoms with van der Waals surface area (Å²) >= 11 is 1.58. The molecular formula is C12H12N2OS. The number of nitrogens with zero attached hydrogens (tertiary/aromatic N) is 2. The third kappa shape index (κ3) is 2.33. The topological polar surface area (TPSA) is 42.9 Å². The highest BCUT2D eigenvalue weighted by Gasteiger charge is 2.11. The first-order chi connectivity index (χ1) is 7.66. The Morgan fingerprint density at radius 1 is 1.38 bits per heavy atom. The number of ketones is 1. The summed E-state index contributed by atoms with van der Waals surface area (Å²) in [6, 6.07) is 5.35. The van der Waals surface area contributed by atoms with Crippen molar-refractivity contribution in [2.24, 2.45) is 0 Å². The third-order valence-electron chi connectivity index (χ3n) is 2.34. The SMILES string of the molecule is Cc1nc(CC(=O)c2ccccn2)sc1C. The second-order valence-corrected chi connectivity index (χ2v) is 4.85. The van der Waals surface area contributed by atoms with Crippen molar-refractivity contribution in [2.45, 2.75) is 20.3 Å². The molecule has 0 amide bonds. The molecule has 2 aromatic heterocycles. The number of thiazole rings is 1. The molecule has 2 rings (SSSR count). The van der Waals surface area contributed by atoms with Gasteiger partial charge in [-0.1, -0.05) is 6.07 Å². The Balaban J connectivity index is 2.14. The molecule has 2 heterocycles. The Morgan fingerprint density at radius 3 is 2.75 bits per heavy atom. The maximum Gasteiger partial charge on any atom is 0.187 e. The predicted molar refractivity (Wildman–Crippen MR) is 63.9 cm³/mol. The summed E-state index contributed by atoms with van der Waals surface area (Å²) in [5.74, 6) is 0.0225. The average Bonchev–Trinajstić information content (AvgIpc) is 2.59. The molecule has 0 aliphatic heterocycles. The first kappa shape index (κ1) is 11.0. The van der Waals surface area contributed by atoms with Crippen LogP contribution in [0.3, 0.4) is 0 Å². The van der Waals surface area contributed by atoms with Gasteiger partial charge in [-0.2, -0.15) is 0 Å². The summed E-state index contributed by atoms with van der Waals surface area (Å²) in [4.78, 5) is 21.4. The van der Waals surface area contributed by atoms with Crippen LogP contribution in [0, 0.1) is 13.8 Å². The monoisotopic (exact) mass is 232 g/mol. The third-order valence-corrected chi connectivity index (χ3v) is 3.41. The van der Waals surface area contributed by atoms with Gasteiger partial charge in [0.05, 0.1) is 12.1 Å². The largest absolute Gasteiger partial charge is 0.292 e. The molecule has 0 unspecified atom stereocenters. The number of pyridine rings is 1. The smallest absolute Gasteiger partial charge is 0.187 e. The first-order valence-corrected chi connectivity index (χ1v) is 5.85. The number of Topliss-reactive ketones (excluding diaryl/α,β-unsaturated/α-hetero) is 1. The molecule has 0 saturated carbocycles. The lowest BCUT2D eigenvalue weighted by Gasteiger charge is -1.96. The lowest BCUT2D eigenvalue weighted by atomic mass is 10.2. The minimum Gasteiger partial charge on any atom is -0.292 e. The Morgan fingerprint density at radius 2 is 2.19 bits per heavy atom. The van der Waals surface area contributed by atoms with Crippen LogP contribution >= 0.6 is 11.3 Å². The molecular weight excluding hydrogens is 220 g/mol. The van der Waals surface area contributed by atoms with Gasteiger partial charge in [-0.3, -0.25) is 9.78 Å². The quantitative estimate of drug-likeness (QED) is 0.764. The molecule has 2 aromatic rings. The molecule has 16 heavy (non-hydrogen) atoms. The van der Waals surface area contributed by atoms with Crippen molar-refractivity contribution in [2.75, 3.05) is 0 Å². The van der Waals surface area contributed by atoms with Crippen LogP contribution in [0.2, 0.25) is 0 Å². The molecule has 0 bridgehead atoms. The summed E-state index contributed by atoms with van der Waals surface area (Å²) in [6.45, 7) is 3.97. The minimum atomic E-state index is 0.0225. The van der Waals surface area contributed by atoms with E-state index in [0.29, 0.717) is 12.1 Å². The van der Waals surface area contributed by atoms with Crippen LogP contribution in [-0.4, -0.2) is 15.8 Å². The highest BCUT2D eigenvalue weighted by atomic mass is 32.1. The molecule has 0 aliphatic carbocycles. The standard InChI is InChI=1S/C12H12N2OS/c1-8-9(2)16-12(14-8)7-11(15)10-5-3-4-6-13-10/h3-6H,7H2,1-2H3. The number of hydrogen-bond acceptors (Lipinski definition) is 4. The van der Waals surface area contributed by atoms with Gasteiger partial charge in [0, 0.05) is 11.1 Å². The fraction of sp³-hybridized carbons (Fsp3) is 0.250. The summed E-state index contributed by atoms with van der Waals surface area (Å²) in [6.07, 6.45) is 1.97.